The van der Waals surface area contributed by atoms with Gasteiger partial charge in [0.2, 0.25) is 0 Å². The molecule has 0 saturated heterocycles. The number of nitrogens with one attached hydrogen (secondary N) is 1. The lowest BCUT2D eigenvalue weighted by Gasteiger charge is -2.30. The van der Waals surface area contributed by atoms with E-state index in [-0.39, 0.29) is 30.7 Å². The number of halogens is 2. The first-order valence-corrected chi connectivity index (χ1v) is 5.75. The van der Waals surface area contributed by atoms with E-state index >= 15 is 0 Å². The number of nitrogens with zero attached hydrogens (tertiary/aromatic N) is 2. The van der Waals surface area contributed by atoms with Crippen molar-refractivity contribution < 1.29 is 4.79 Å². The summed E-state index contributed by atoms with van der Waals surface area (Å²) in [6.07, 6.45) is 5.31. The molecule has 0 aliphatic heterocycles. The Balaban J connectivity index is 0. The van der Waals surface area contributed by atoms with Crippen LogP contribution in [0.15, 0.2) is 18.6 Å². The van der Waals surface area contributed by atoms with Crippen LogP contribution in [-0.2, 0) is 0 Å². The van der Waals surface area contributed by atoms with E-state index in [1.54, 1.807) is 0 Å². The fraction of sp³-hybridized carbons (Fsp3) is 0.583. The van der Waals surface area contributed by atoms with Crippen LogP contribution in [0.1, 0.15) is 37.7 Å². The smallest absolute Gasteiger partial charge is 0.271 e. The van der Waals surface area contributed by atoms with Crippen LogP contribution in [0.25, 0.3) is 0 Å². The molecule has 1 unspecified atom stereocenters. The molecule has 1 amide bonds. The van der Waals surface area contributed by atoms with Crippen LogP contribution >= 0.6 is 24.8 Å². The van der Waals surface area contributed by atoms with Crippen LogP contribution in [0.5, 0.6) is 0 Å². The minimum atomic E-state index is -0.400. The molecular formula is C12H22Cl2N4O. The normalized spacial score (nSPS) is 12.9. The summed E-state index contributed by atoms with van der Waals surface area (Å²) in [7, 11) is 0. The van der Waals surface area contributed by atoms with E-state index in [1.807, 2.05) is 6.92 Å². The molecule has 7 heteroatoms. The fourth-order valence-corrected chi connectivity index (χ4v) is 1.84. The molecule has 0 aliphatic rings. The zero-order valence-electron chi connectivity index (χ0n) is 11.4. The fourth-order valence-electron chi connectivity index (χ4n) is 1.84. The van der Waals surface area contributed by atoms with Gasteiger partial charge in [-0.2, -0.15) is 0 Å². The summed E-state index contributed by atoms with van der Waals surface area (Å²) in [5, 5.41) is 2.92. The number of carbonyl (C=O) groups excluding carboxylic acids is 1. The van der Waals surface area contributed by atoms with E-state index in [1.165, 1.54) is 18.6 Å². The van der Waals surface area contributed by atoms with Crippen LogP contribution in [0.3, 0.4) is 0 Å². The van der Waals surface area contributed by atoms with Crippen molar-refractivity contribution in [3.8, 4) is 0 Å². The highest BCUT2D eigenvalue weighted by Gasteiger charge is 2.26. The van der Waals surface area contributed by atoms with Crippen molar-refractivity contribution in [3.63, 3.8) is 0 Å². The topological polar surface area (TPSA) is 80.9 Å². The maximum Gasteiger partial charge on any atom is 0.271 e. The average molecular weight is 309 g/mol. The summed E-state index contributed by atoms with van der Waals surface area (Å²) in [5.74, 6) is 0.234. The van der Waals surface area contributed by atoms with Crippen LogP contribution in [0.2, 0.25) is 0 Å². The van der Waals surface area contributed by atoms with Gasteiger partial charge in [-0.1, -0.05) is 13.8 Å². The van der Waals surface area contributed by atoms with Crippen molar-refractivity contribution in [3.05, 3.63) is 24.3 Å². The third-order valence-corrected chi connectivity index (χ3v) is 2.52. The second-order valence-corrected chi connectivity index (χ2v) is 4.91. The number of hydrogen-bond donors (Lipinski definition) is 2. The zero-order chi connectivity index (χ0) is 12.9. The predicted molar refractivity (Wildman–Crippen MR) is 80.9 cm³/mol. The van der Waals surface area contributed by atoms with Gasteiger partial charge < -0.3 is 11.1 Å². The molecule has 19 heavy (non-hydrogen) atoms. The van der Waals surface area contributed by atoms with E-state index in [9.17, 15) is 4.79 Å². The molecule has 0 spiro atoms. The molecule has 0 radical (unpaired) electrons. The first-order chi connectivity index (χ1) is 7.97. The summed E-state index contributed by atoms with van der Waals surface area (Å²) in [6.45, 7) is 6.54. The molecule has 0 saturated carbocycles. The van der Waals surface area contributed by atoms with E-state index in [0.717, 1.165) is 6.42 Å². The summed E-state index contributed by atoms with van der Waals surface area (Å²) in [4.78, 5) is 19.8. The van der Waals surface area contributed by atoms with Gasteiger partial charge in [-0.15, -0.1) is 24.8 Å². The Morgan fingerprint density at radius 3 is 2.47 bits per heavy atom. The van der Waals surface area contributed by atoms with E-state index in [0.29, 0.717) is 18.2 Å². The maximum absolute atomic E-state index is 11.9. The monoisotopic (exact) mass is 308 g/mol. The Kier molecular flexibility index (Phi) is 9.74. The highest BCUT2D eigenvalue weighted by Crippen LogP contribution is 2.15. The van der Waals surface area contributed by atoms with Crippen LogP contribution in [0, 0.1) is 5.92 Å². The molecule has 0 bridgehead atoms. The first kappa shape index (κ1) is 20.4. The lowest BCUT2D eigenvalue weighted by Crippen LogP contribution is -2.52. The molecule has 1 aromatic heterocycles. The predicted octanol–water partition coefficient (Wildman–Crippen LogP) is 1.81. The van der Waals surface area contributed by atoms with Crippen molar-refractivity contribution in [1.82, 2.24) is 15.3 Å². The number of hydrogen-bond acceptors (Lipinski definition) is 4. The van der Waals surface area contributed by atoms with Crippen molar-refractivity contribution in [1.29, 1.82) is 0 Å². The molecule has 1 rings (SSSR count). The van der Waals surface area contributed by atoms with E-state index in [4.69, 9.17) is 5.73 Å². The van der Waals surface area contributed by atoms with Crippen molar-refractivity contribution >= 4 is 30.7 Å². The molecule has 110 valence electrons. The largest absolute Gasteiger partial charge is 0.344 e. The van der Waals surface area contributed by atoms with Gasteiger partial charge in [-0.05, 0) is 19.3 Å². The summed E-state index contributed by atoms with van der Waals surface area (Å²) in [5.41, 5.74) is 5.65. The van der Waals surface area contributed by atoms with Gasteiger partial charge in [0.25, 0.3) is 5.91 Å². The van der Waals surface area contributed by atoms with E-state index < -0.39 is 5.54 Å². The molecule has 0 aromatic carbocycles. The number of rotatable bonds is 5. The van der Waals surface area contributed by atoms with Gasteiger partial charge >= 0.3 is 0 Å². The Morgan fingerprint density at radius 2 is 2.05 bits per heavy atom. The molecule has 1 aromatic rings. The van der Waals surface area contributed by atoms with E-state index in [2.05, 4.69) is 29.1 Å². The van der Waals surface area contributed by atoms with Gasteiger partial charge in [0.05, 0.1) is 11.7 Å². The quantitative estimate of drug-likeness (QED) is 0.869. The maximum atomic E-state index is 11.9. The molecule has 1 atom stereocenters. The van der Waals surface area contributed by atoms with Gasteiger partial charge in [-0.3, -0.25) is 9.78 Å². The number of nitrogens with two attached hydrogens (primary N) is 1. The molecule has 5 nitrogen and oxygen atoms in total. The molecule has 0 fully saturated rings. The minimum absolute atomic E-state index is 0. The standard InChI is InChI=1S/C12H20N4O.2ClH/c1-9(2)6-12(3,8-13)16-11(17)10-7-14-4-5-15-10;;/h4-5,7,9H,6,8,13H2,1-3H3,(H,16,17);2*1H. The first-order valence-electron chi connectivity index (χ1n) is 5.75. The number of carbonyl (C=O) groups is 1. The third-order valence-electron chi connectivity index (χ3n) is 2.52. The summed E-state index contributed by atoms with van der Waals surface area (Å²) in [6, 6.07) is 0. The molecular weight excluding hydrogens is 287 g/mol. The van der Waals surface area contributed by atoms with Crippen LogP contribution in [0.4, 0.5) is 0 Å². The SMILES string of the molecule is CC(C)CC(C)(CN)NC(=O)c1cnccn1.Cl.Cl. The van der Waals surface area contributed by atoms with Gasteiger partial charge in [0.1, 0.15) is 5.69 Å². The summed E-state index contributed by atoms with van der Waals surface area (Å²) < 4.78 is 0. The van der Waals surface area contributed by atoms with Crippen molar-refractivity contribution in [2.24, 2.45) is 11.7 Å². The van der Waals surface area contributed by atoms with Crippen LogP contribution < -0.4 is 11.1 Å². The molecule has 1 heterocycles. The van der Waals surface area contributed by atoms with Crippen molar-refractivity contribution in [2.45, 2.75) is 32.7 Å². The average Bonchev–Trinajstić information content (AvgIpc) is 2.29. The second-order valence-electron chi connectivity index (χ2n) is 4.91. The van der Waals surface area contributed by atoms with Gasteiger partial charge in [0, 0.05) is 18.9 Å². The molecule has 3 N–H and O–H groups in total. The Morgan fingerprint density at radius 1 is 1.42 bits per heavy atom. The highest BCUT2D eigenvalue weighted by atomic mass is 35.5. The highest BCUT2D eigenvalue weighted by molar-refractivity contribution is 5.92. The van der Waals surface area contributed by atoms with Gasteiger partial charge in [0.15, 0.2) is 0 Å². The zero-order valence-corrected chi connectivity index (χ0v) is 13.1. The summed E-state index contributed by atoms with van der Waals surface area (Å²) >= 11 is 0. The van der Waals surface area contributed by atoms with Crippen LogP contribution in [-0.4, -0.2) is 28.0 Å². The second kappa shape index (κ2) is 9.07. The Labute approximate surface area is 126 Å². The lowest BCUT2D eigenvalue weighted by atomic mass is 9.90. The van der Waals surface area contributed by atoms with Crippen molar-refractivity contribution in [2.75, 3.05) is 6.54 Å². The lowest BCUT2D eigenvalue weighted by molar-refractivity contribution is 0.0892. The third kappa shape index (κ3) is 6.71. The Hall–Kier alpha value is -0.910. The minimum Gasteiger partial charge on any atom is -0.344 e. The van der Waals surface area contributed by atoms with Gasteiger partial charge in [-0.25, -0.2) is 4.98 Å². The number of amides is 1. The number of aromatic nitrogens is 2. The Bertz CT molecular complexity index is 375. The molecule has 0 aliphatic carbocycles.